The van der Waals surface area contributed by atoms with Crippen molar-refractivity contribution in [1.82, 2.24) is 15.0 Å². The van der Waals surface area contributed by atoms with E-state index in [0.29, 0.717) is 15.8 Å². The number of hydrogen-bond acceptors (Lipinski definition) is 5. The van der Waals surface area contributed by atoms with E-state index in [0.717, 1.165) is 36.4 Å². The largest absolute Gasteiger partial charge is 0.487 e. The summed E-state index contributed by atoms with van der Waals surface area (Å²) < 4.78 is 5.98. The summed E-state index contributed by atoms with van der Waals surface area (Å²) in [6.07, 6.45) is 6.00. The van der Waals surface area contributed by atoms with Gasteiger partial charge in [-0.2, -0.15) is 0 Å². The predicted molar refractivity (Wildman–Crippen MR) is 95.0 cm³/mol. The highest BCUT2D eigenvalue weighted by atomic mass is 35.5. The fraction of sp³-hybridized carbons (Fsp3) is 0.235. The SMILES string of the molecule is Clc1ccc2nc(N3CCC(Oc4ccncc4Cl)C3)cnc2c1. The normalized spacial score (nSPS) is 17.4. The molecule has 24 heavy (non-hydrogen) atoms. The molecule has 122 valence electrons. The van der Waals surface area contributed by atoms with Crippen molar-refractivity contribution < 1.29 is 4.74 Å². The third-order valence-electron chi connectivity index (χ3n) is 3.99. The first kappa shape index (κ1) is 15.4. The molecule has 3 heterocycles. The summed E-state index contributed by atoms with van der Waals surface area (Å²) in [5, 5.41) is 1.19. The molecule has 0 saturated carbocycles. The van der Waals surface area contributed by atoms with Gasteiger partial charge in [-0.05, 0) is 18.2 Å². The molecule has 5 nitrogen and oxygen atoms in total. The molecule has 0 aliphatic carbocycles. The number of rotatable bonds is 3. The van der Waals surface area contributed by atoms with Crippen LogP contribution < -0.4 is 9.64 Å². The lowest BCUT2D eigenvalue weighted by molar-refractivity contribution is 0.225. The Morgan fingerprint density at radius 1 is 1.12 bits per heavy atom. The Morgan fingerprint density at radius 3 is 2.92 bits per heavy atom. The van der Waals surface area contributed by atoms with Gasteiger partial charge in [-0.1, -0.05) is 23.2 Å². The maximum atomic E-state index is 6.10. The van der Waals surface area contributed by atoms with E-state index >= 15 is 0 Å². The van der Waals surface area contributed by atoms with Crippen LogP contribution in [0.2, 0.25) is 10.0 Å². The van der Waals surface area contributed by atoms with Gasteiger partial charge in [-0.15, -0.1) is 0 Å². The summed E-state index contributed by atoms with van der Waals surface area (Å²) in [7, 11) is 0. The molecule has 0 spiro atoms. The van der Waals surface area contributed by atoms with Crippen molar-refractivity contribution in [2.24, 2.45) is 0 Å². The van der Waals surface area contributed by atoms with Crippen LogP contribution in [0.4, 0.5) is 5.82 Å². The number of halogens is 2. The first-order valence-corrected chi connectivity index (χ1v) is 8.38. The highest BCUT2D eigenvalue weighted by molar-refractivity contribution is 6.32. The summed E-state index contributed by atoms with van der Waals surface area (Å²) in [6.45, 7) is 1.60. The quantitative estimate of drug-likeness (QED) is 0.706. The van der Waals surface area contributed by atoms with Crippen LogP contribution in [0.25, 0.3) is 11.0 Å². The van der Waals surface area contributed by atoms with E-state index in [-0.39, 0.29) is 6.10 Å². The number of aromatic nitrogens is 3. The van der Waals surface area contributed by atoms with Crippen LogP contribution in [0, 0.1) is 0 Å². The van der Waals surface area contributed by atoms with E-state index in [9.17, 15) is 0 Å². The molecule has 4 rings (SSSR count). The molecular weight excluding hydrogens is 347 g/mol. The average molecular weight is 361 g/mol. The maximum Gasteiger partial charge on any atom is 0.147 e. The fourth-order valence-corrected chi connectivity index (χ4v) is 3.13. The molecule has 1 aliphatic rings. The lowest BCUT2D eigenvalue weighted by atomic mass is 10.3. The van der Waals surface area contributed by atoms with E-state index in [1.807, 2.05) is 18.2 Å². The minimum atomic E-state index is 0.0626. The lowest BCUT2D eigenvalue weighted by Gasteiger charge is -2.18. The molecule has 0 N–H and O–H groups in total. The second-order valence-corrected chi connectivity index (χ2v) is 6.49. The van der Waals surface area contributed by atoms with Gasteiger partial charge in [0.25, 0.3) is 0 Å². The second kappa shape index (κ2) is 6.42. The lowest BCUT2D eigenvalue weighted by Crippen LogP contribution is -2.25. The molecule has 0 bridgehead atoms. The van der Waals surface area contributed by atoms with Crippen molar-refractivity contribution in [3.05, 3.63) is 52.9 Å². The molecule has 1 unspecified atom stereocenters. The minimum absolute atomic E-state index is 0.0626. The van der Waals surface area contributed by atoms with Crippen LogP contribution in [-0.4, -0.2) is 34.1 Å². The number of fused-ring (bicyclic) bond motifs is 1. The monoisotopic (exact) mass is 360 g/mol. The van der Waals surface area contributed by atoms with Gasteiger partial charge in [0.1, 0.15) is 22.7 Å². The number of hydrogen-bond donors (Lipinski definition) is 0. The first-order chi connectivity index (χ1) is 11.7. The van der Waals surface area contributed by atoms with E-state index < -0.39 is 0 Å². The van der Waals surface area contributed by atoms with Gasteiger partial charge in [0, 0.05) is 36.4 Å². The predicted octanol–water partition coefficient (Wildman–Crippen LogP) is 3.99. The van der Waals surface area contributed by atoms with E-state index in [1.54, 1.807) is 24.7 Å². The van der Waals surface area contributed by atoms with Gasteiger partial charge in [0.2, 0.25) is 0 Å². The highest BCUT2D eigenvalue weighted by Crippen LogP contribution is 2.27. The maximum absolute atomic E-state index is 6.10. The van der Waals surface area contributed by atoms with Crippen LogP contribution in [0.15, 0.2) is 42.9 Å². The van der Waals surface area contributed by atoms with Crippen LogP contribution >= 0.6 is 23.2 Å². The van der Waals surface area contributed by atoms with Crippen molar-refractivity contribution in [2.75, 3.05) is 18.0 Å². The summed E-state index contributed by atoms with van der Waals surface area (Å²) in [4.78, 5) is 15.3. The average Bonchev–Trinajstić information content (AvgIpc) is 3.05. The van der Waals surface area contributed by atoms with Crippen molar-refractivity contribution in [2.45, 2.75) is 12.5 Å². The second-order valence-electron chi connectivity index (χ2n) is 5.64. The molecule has 0 radical (unpaired) electrons. The molecule has 1 aliphatic heterocycles. The summed E-state index contributed by atoms with van der Waals surface area (Å²) >= 11 is 12.1. The third kappa shape index (κ3) is 3.09. The molecule has 2 aromatic heterocycles. The molecule has 1 atom stereocenters. The van der Waals surface area contributed by atoms with Crippen molar-refractivity contribution in [1.29, 1.82) is 0 Å². The van der Waals surface area contributed by atoms with Crippen LogP contribution in [0.5, 0.6) is 5.75 Å². The Balaban J connectivity index is 1.50. The van der Waals surface area contributed by atoms with Gasteiger partial charge in [0.05, 0.1) is 23.8 Å². The zero-order valence-electron chi connectivity index (χ0n) is 12.7. The van der Waals surface area contributed by atoms with Gasteiger partial charge in [0.15, 0.2) is 0 Å². The van der Waals surface area contributed by atoms with E-state index in [1.165, 1.54) is 0 Å². The molecule has 1 saturated heterocycles. The number of pyridine rings is 1. The first-order valence-electron chi connectivity index (χ1n) is 7.62. The molecule has 1 fully saturated rings. The van der Waals surface area contributed by atoms with Gasteiger partial charge >= 0.3 is 0 Å². The number of nitrogens with zero attached hydrogens (tertiary/aromatic N) is 4. The van der Waals surface area contributed by atoms with Crippen LogP contribution in [-0.2, 0) is 0 Å². The number of benzene rings is 1. The molecule has 7 heteroatoms. The Morgan fingerprint density at radius 2 is 2.04 bits per heavy atom. The Labute approximate surface area is 149 Å². The van der Waals surface area contributed by atoms with E-state index in [4.69, 9.17) is 27.9 Å². The molecular formula is C17H14Cl2N4O. The Hall–Kier alpha value is -2.11. The van der Waals surface area contributed by atoms with Gasteiger partial charge in [-0.25, -0.2) is 4.98 Å². The van der Waals surface area contributed by atoms with Crippen molar-refractivity contribution >= 4 is 40.1 Å². The zero-order valence-corrected chi connectivity index (χ0v) is 14.2. The highest BCUT2D eigenvalue weighted by Gasteiger charge is 2.26. The van der Waals surface area contributed by atoms with E-state index in [2.05, 4.69) is 19.9 Å². The summed E-state index contributed by atoms with van der Waals surface area (Å²) in [5.74, 6) is 1.51. The molecule has 3 aromatic rings. The standard InChI is InChI=1S/C17H14Cl2N4O/c18-11-1-2-14-15(7-11)21-9-17(22-14)23-6-4-12(10-23)24-16-3-5-20-8-13(16)19/h1-3,5,7-9,12H,4,6,10H2. The zero-order chi connectivity index (χ0) is 16.5. The number of anilines is 1. The molecule has 0 amide bonds. The number of ether oxygens (including phenoxy) is 1. The van der Waals surface area contributed by atoms with Gasteiger partial charge < -0.3 is 9.64 Å². The van der Waals surface area contributed by atoms with Crippen LogP contribution in [0.1, 0.15) is 6.42 Å². The minimum Gasteiger partial charge on any atom is -0.487 e. The van der Waals surface area contributed by atoms with Crippen molar-refractivity contribution in [3.8, 4) is 5.75 Å². The Kier molecular flexibility index (Phi) is 4.12. The molecule has 1 aromatic carbocycles. The Bertz CT molecular complexity index is 889. The van der Waals surface area contributed by atoms with Crippen molar-refractivity contribution in [3.63, 3.8) is 0 Å². The third-order valence-corrected chi connectivity index (χ3v) is 4.51. The van der Waals surface area contributed by atoms with Gasteiger partial charge in [-0.3, -0.25) is 9.97 Å². The fourth-order valence-electron chi connectivity index (χ4n) is 2.80. The summed E-state index contributed by atoms with van der Waals surface area (Å²) in [6, 6.07) is 7.30. The summed E-state index contributed by atoms with van der Waals surface area (Å²) in [5.41, 5.74) is 1.63. The van der Waals surface area contributed by atoms with Crippen LogP contribution in [0.3, 0.4) is 0 Å². The smallest absolute Gasteiger partial charge is 0.147 e. The topological polar surface area (TPSA) is 51.1 Å².